The molecular weight excluding hydrogens is 254 g/mol. The number of aromatic nitrogens is 2. The van der Waals surface area contributed by atoms with Crippen molar-refractivity contribution in [3.8, 4) is 0 Å². The van der Waals surface area contributed by atoms with Crippen molar-refractivity contribution in [3.05, 3.63) is 22.7 Å². The van der Waals surface area contributed by atoms with E-state index in [9.17, 15) is 0 Å². The average molecular weight is 275 g/mol. The number of nitrogens with zero attached hydrogens (tertiary/aromatic N) is 3. The summed E-state index contributed by atoms with van der Waals surface area (Å²) >= 11 is 1.87. The number of aryl methyl sites for hydroxylation is 2. The molecule has 0 saturated heterocycles. The van der Waals surface area contributed by atoms with Gasteiger partial charge in [0.15, 0.2) is 0 Å². The van der Waals surface area contributed by atoms with E-state index in [0.29, 0.717) is 6.04 Å². The third-order valence-corrected chi connectivity index (χ3v) is 5.20. The molecule has 4 heteroatoms. The Morgan fingerprint density at radius 3 is 2.84 bits per heavy atom. The lowest BCUT2D eigenvalue weighted by molar-refractivity contribution is 0.248. The Morgan fingerprint density at radius 1 is 1.37 bits per heavy atom. The molecule has 1 aliphatic rings. The molecule has 19 heavy (non-hydrogen) atoms. The summed E-state index contributed by atoms with van der Waals surface area (Å²) in [6.07, 6.45) is 3.57. The van der Waals surface area contributed by atoms with Crippen molar-refractivity contribution in [2.24, 2.45) is 7.05 Å². The van der Waals surface area contributed by atoms with E-state index in [1.807, 2.05) is 23.1 Å². The number of thiophene rings is 1. The summed E-state index contributed by atoms with van der Waals surface area (Å²) in [7, 11) is 2.03. The summed E-state index contributed by atoms with van der Waals surface area (Å²) in [6, 6.07) is 2.94. The van der Waals surface area contributed by atoms with E-state index in [-0.39, 0.29) is 0 Å². The van der Waals surface area contributed by atoms with Crippen LogP contribution in [0.15, 0.2) is 12.1 Å². The Kier molecular flexibility index (Phi) is 3.23. The number of fused-ring (bicyclic) bond motifs is 1. The van der Waals surface area contributed by atoms with Gasteiger partial charge in [-0.15, -0.1) is 11.3 Å². The predicted molar refractivity (Wildman–Crippen MR) is 82.6 cm³/mol. The quantitative estimate of drug-likeness (QED) is 0.837. The van der Waals surface area contributed by atoms with Gasteiger partial charge < -0.3 is 0 Å². The van der Waals surface area contributed by atoms with E-state index in [1.54, 1.807) is 0 Å². The molecule has 2 aromatic heterocycles. The second kappa shape index (κ2) is 4.76. The topological polar surface area (TPSA) is 21.1 Å². The zero-order valence-electron chi connectivity index (χ0n) is 12.1. The van der Waals surface area contributed by atoms with Gasteiger partial charge in [-0.2, -0.15) is 5.10 Å². The third-order valence-electron chi connectivity index (χ3n) is 3.92. The van der Waals surface area contributed by atoms with Crippen LogP contribution in [0.4, 0.5) is 0 Å². The molecule has 0 aliphatic carbocycles. The summed E-state index contributed by atoms with van der Waals surface area (Å²) in [5.74, 6) is 0. The molecule has 0 amide bonds. The van der Waals surface area contributed by atoms with Gasteiger partial charge in [0, 0.05) is 36.4 Å². The smallest absolute Gasteiger partial charge is 0.121 e. The highest BCUT2D eigenvalue weighted by atomic mass is 32.1. The lowest BCUT2D eigenvalue weighted by Gasteiger charge is -2.30. The van der Waals surface area contributed by atoms with Crippen molar-refractivity contribution in [1.29, 1.82) is 0 Å². The van der Waals surface area contributed by atoms with Crippen LogP contribution in [0.5, 0.6) is 0 Å². The van der Waals surface area contributed by atoms with E-state index in [2.05, 4.69) is 42.9 Å². The molecule has 0 unspecified atom stereocenters. The lowest BCUT2D eigenvalue weighted by Crippen LogP contribution is -2.35. The fraction of sp³-hybridized carbons (Fsp3) is 0.533. The van der Waals surface area contributed by atoms with Gasteiger partial charge in [-0.05, 0) is 38.8 Å². The summed E-state index contributed by atoms with van der Waals surface area (Å²) in [6.45, 7) is 8.92. The minimum Gasteiger partial charge on any atom is -0.296 e. The fourth-order valence-corrected chi connectivity index (χ4v) is 3.90. The van der Waals surface area contributed by atoms with Gasteiger partial charge in [0.05, 0.1) is 5.69 Å². The first-order valence-corrected chi connectivity index (χ1v) is 7.74. The van der Waals surface area contributed by atoms with Crippen molar-refractivity contribution in [2.75, 3.05) is 13.1 Å². The van der Waals surface area contributed by atoms with Crippen LogP contribution in [0.1, 0.15) is 30.8 Å². The van der Waals surface area contributed by atoms with Crippen LogP contribution in [-0.2, 0) is 7.05 Å². The molecule has 0 saturated carbocycles. The van der Waals surface area contributed by atoms with Gasteiger partial charge in [-0.25, -0.2) is 0 Å². The number of rotatable bonds is 2. The Bertz CT molecular complexity index is 599. The van der Waals surface area contributed by atoms with Crippen LogP contribution < -0.4 is 0 Å². The van der Waals surface area contributed by atoms with Gasteiger partial charge in [0.2, 0.25) is 0 Å². The minimum atomic E-state index is 0.626. The molecule has 0 atom stereocenters. The van der Waals surface area contributed by atoms with Crippen molar-refractivity contribution < 1.29 is 0 Å². The number of hydrogen-bond acceptors (Lipinski definition) is 3. The molecule has 3 nitrogen and oxygen atoms in total. The minimum absolute atomic E-state index is 0.626. The summed E-state index contributed by atoms with van der Waals surface area (Å²) < 4.78 is 2.00. The standard InChI is InChI=1S/C15H21N3S/c1-10(2)18-7-5-6-12(9-18)14-8-13-11(3)16-17(4)15(13)19-14/h6,8,10H,5,7,9H2,1-4H3. The Hall–Kier alpha value is -1.13. The number of hydrogen-bond donors (Lipinski definition) is 0. The maximum atomic E-state index is 4.48. The van der Waals surface area contributed by atoms with E-state index >= 15 is 0 Å². The molecule has 3 rings (SSSR count). The van der Waals surface area contributed by atoms with Gasteiger partial charge in [-0.3, -0.25) is 9.58 Å². The monoisotopic (exact) mass is 275 g/mol. The molecule has 2 aromatic rings. The van der Waals surface area contributed by atoms with Crippen LogP contribution >= 0.6 is 11.3 Å². The maximum absolute atomic E-state index is 4.48. The molecule has 0 fully saturated rings. The van der Waals surface area contributed by atoms with Crippen LogP contribution in [-0.4, -0.2) is 33.8 Å². The fourth-order valence-electron chi connectivity index (χ4n) is 2.75. The van der Waals surface area contributed by atoms with Gasteiger partial charge in [-0.1, -0.05) is 6.08 Å². The van der Waals surface area contributed by atoms with Crippen LogP contribution in [0, 0.1) is 6.92 Å². The van der Waals surface area contributed by atoms with Gasteiger partial charge >= 0.3 is 0 Å². The lowest BCUT2D eigenvalue weighted by atomic mass is 10.1. The second-order valence-electron chi connectivity index (χ2n) is 5.62. The van der Waals surface area contributed by atoms with Gasteiger partial charge in [0.25, 0.3) is 0 Å². The van der Waals surface area contributed by atoms with Crippen molar-refractivity contribution >= 4 is 27.1 Å². The molecule has 0 N–H and O–H groups in total. The Morgan fingerprint density at radius 2 is 2.16 bits per heavy atom. The molecule has 0 bridgehead atoms. The third kappa shape index (κ3) is 2.23. The van der Waals surface area contributed by atoms with E-state index in [0.717, 1.165) is 12.2 Å². The first-order valence-electron chi connectivity index (χ1n) is 6.93. The largest absolute Gasteiger partial charge is 0.296 e. The van der Waals surface area contributed by atoms with Crippen molar-refractivity contribution in [2.45, 2.75) is 33.2 Å². The highest BCUT2D eigenvalue weighted by molar-refractivity contribution is 7.19. The second-order valence-corrected chi connectivity index (χ2v) is 6.65. The summed E-state index contributed by atoms with van der Waals surface area (Å²) in [5, 5.41) is 5.79. The Balaban J connectivity index is 1.96. The molecule has 0 aromatic carbocycles. The summed E-state index contributed by atoms with van der Waals surface area (Å²) in [5.41, 5.74) is 2.62. The first kappa shape index (κ1) is 12.9. The normalized spacial score (nSPS) is 17.4. The molecule has 3 heterocycles. The molecule has 0 radical (unpaired) electrons. The van der Waals surface area contributed by atoms with Crippen molar-refractivity contribution in [3.63, 3.8) is 0 Å². The van der Waals surface area contributed by atoms with E-state index in [4.69, 9.17) is 0 Å². The Labute approximate surface area is 118 Å². The van der Waals surface area contributed by atoms with Crippen molar-refractivity contribution in [1.82, 2.24) is 14.7 Å². The SMILES string of the molecule is Cc1nn(C)c2sc(C3=CCCN(C(C)C)C3)cc12. The molecule has 0 spiro atoms. The van der Waals surface area contributed by atoms with Crippen LogP contribution in [0.3, 0.4) is 0 Å². The molecule has 102 valence electrons. The van der Waals surface area contributed by atoms with Crippen LogP contribution in [0.25, 0.3) is 15.8 Å². The van der Waals surface area contributed by atoms with Crippen LogP contribution in [0.2, 0.25) is 0 Å². The molecule has 1 aliphatic heterocycles. The highest BCUT2D eigenvalue weighted by Crippen LogP contribution is 2.33. The summed E-state index contributed by atoms with van der Waals surface area (Å²) in [4.78, 5) is 5.25. The predicted octanol–water partition coefficient (Wildman–Crippen LogP) is 3.44. The highest BCUT2D eigenvalue weighted by Gasteiger charge is 2.19. The van der Waals surface area contributed by atoms with Gasteiger partial charge in [0.1, 0.15) is 4.83 Å². The van der Waals surface area contributed by atoms with E-state index in [1.165, 1.54) is 33.6 Å². The first-order chi connectivity index (χ1) is 9.06. The zero-order chi connectivity index (χ0) is 13.6. The average Bonchev–Trinajstić information content (AvgIpc) is 2.93. The maximum Gasteiger partial charge on any atom is 0.121 e. The molecular formula is C15H21N3S. The zero-order valence-corrected chi connectivity index (χ0v) is 12.9. The van der Waals surface area contributed by atoms with E-state index < -0.39 is 0 Å².